The Kier molecular flexibility index (Phi) is 6.16. The molecule has 34 heavy (non-hydrogen) atoms. The minimum absolute atomic E-state index is 0.210. The number of carbonyl (C=O) groups excluding carboxylic acids is 1. The van der Waals surface area contributed by atoms with Gasteiger partial charge in [-0.2, -0.15) is 0 Å². The Labute approximate surface area is 202 Å². The number of carbonyl (C=O) groups is 1. The van der Waals surface area contributed by atoms with Gasteiger partial charge in [0, 0.05) is 36.0 Å². The largest absolute Gasteiger partial charge is 0.377 e. The van der Waals surface area contributed by atoms with Crippen LogP contribution in [0.5, 0.6) is 0 Å². The Balaban J connectivity index is 1.54. The van der Waals surface area contributed by atoms with Gasteiger partial charge in [0.2, 0.25) is 0 Å². The first kappa shape index (κ1) is 22.3. The van der Waals surface area contributed by atoms with E-state index in [2.05, 4.69) is 32.0 Å². The first-order valence-corrected chi connectivity index (χ1v) is 11.5. The van der Waals surface area contributed by atoms with Gasteiger partial charge in [0.15, 0.2) is 5.82 Å². The van der Waals surface area contributed by atoms with Gasteiger partial charge in [-0.1, -0.05) is 11.6 Å². The smallest absolute Gasteiger partial charge is 0.316 e. The summed E-state index contributed by atoms with van der Waals surface area (Å²) < 4.78 is 5.66. The third kappa shape index (κ3) is 4.59. The number of nitrogens with zero attached hydrogens (tertiary/aromatic N) is 6. The van der Waals surface area contributed by atoms with Crippen LogP contribution in [0, 0.1) is 0 Å². The number of morpholine rings is 1. The molecule has 176 valence electrons. The highest BCUT2D eigenvalue weighted by atomic mass is 35.5. The summed E-state index contributed by atoms with van der Waals surface area (Å²) in [5, 5.41) is 2.99. The molecule has 0 unspecified atom stereocenters. The van der Waals surface area contributed by atoms with Crippen LogP contribution < -0.4 is 20.9 Å². The first-order valence-electron chi connectivity index (χ1n) is 11.1. The number of anilines is 3. The summed E-state index contributed by atoms with van der Waals surface area (Å²) >= 11 is 6.10. The van der Waals surface area contributed by atoms with E-state index in [0.29, 0.717) is 36.4 Å². The van der Waals surface area contributed by atoms with Crippen molar-refractivity contribution in [2.75, 3.05) is 41.4 Å². The molecule has 11 heteroatoms. The Hall–Kier alpha value is -3.50. The molecule has 4 heterocycles. The molecule has 2 amide bonds. The van der Waals surface area contributed by atoms with Gasteiger partial charge in [0.1, 0.15) is 23.1 Å². The Bertz CT molecular complexity index is 1210. The normalized spacial score (nSPS) is 17.9. The molecule has 3 N–H and O–H groups in total. The highest BCUT2D eigenvalue weighted by Gasteiger charge is 2.29. The number of halogens is 1. The summed E-state index contributed by atoms with van der Waals surface area (Å²) in [7, 11) is 0. The number of nitrogens with one attached hydrogen (secondary N) is 1. The zero-order valence-electron chi connectivity index (χ0n) is 18.7. The van der Waals surface area contributed by atoms with E-state index in [1.165, 1.54) is 6.33 Å². The van der Waals surface area contributed by atoms with E-state index in [9.17, 15) is 4.79 Å². The number of urea groups is 1. The van der Waals surface area contributed by atoms with Gasteiger partial charge < -0.3 is 25.6 Å². The van der Waals surface area contributed by atoms with E-state index in [0.717, 1.165) is 48.0 Å². The molecule has 2 aliphatic heterocycles. The lowest BCUT2D eigenvalue weighted by molar-refractivity contribution is 0.0984. The van der Waals surface area contributed by atoms with Gasteiger partial charge in [0.05, 0.1) is 31.5 Å². The van der Waals surface area contributed by atoms with Crippen LogP contribution in [0.1, 0.15) is 18.2 Å². The van der Waals surface area contributed by atoms with E-state index in [1.54, 1.807) is 18.2 Å². The van der Waals surface area contributed by atoms with Crippen molar-refractivity contribution in [2.24, 2.45) is 5.73 Å². The van der Waals surface area contributed by atoms with Gasteiger partial charge in [-0.3, -0.25) is 0 Å². The fourth-order valence-corrected chi connectivity index (χ4v) is 4.50. The highest BCUT2D eigenvalue weighted by Crippen LogP contribution is 2.33. The number of ether oxygens (including phenoxy) is 1. The Morgan fingerprint density at radius 2 is 2.03 bits per heavy atom. The van der Waals surface area contributed by atoms with Crippen LogP contribution in [-0.4, -0.2) is 58.3 Å². The maximum atomic E-state index is 11.2. The molecular formula is C23H25ClN8O2. The van der Waals surface area contributed by atoms with Gasteiger partial charge in [-0.15, -0.1) is 0 Å². The quantitative estimate of drug-likeness (QED) is 0.546. The van der Waals surface area contributed by atoms with Crippen LogP contribution in [0.15, 0.2) is 36.7 Å². The van der Waals surface area contributed by atoms with E-state index in [-0.39, 0.29) is 6.04 Å². The summed E-state index contributed by atoms with van der Waals surface area (Å²) in [5.74, 6) is 2.35. The minimum atomic E-state index is -0.605. The van der Waals surface area contributed by atoms with Crippen molar-refractivity contribution in [3.05, 3.63) is 53.1 Å². The lowest BCUT2D eigenvalue weighted by atomic mass is 10.0. The molecule has 3 aromatic rings. The monoisotopic (exact) mass is 480 g/mol. The summed E-state index contributed by atoms with van der Waals surface area (Å²) in [6, 6.07) is 8.70. The molecule has 0 aliphatic carbocycles. The molecule has 2 aliphatic rings. The van der Waals surface area contributed by atoms with Crippen LogP contribution in [-0.2, 0) is 17.7 Å². The first-order chi connectivity index (χ1) is 16.5. The van der Waals surface area contributed by atoms with E-state index >= 15 is 0 Å². The second-order valence-electron chi connectivity index (χ2n) is 8.35. The molecule has 10 nitrogen and oxygen atoms in total. The summed E-state index contributed by atoms with van der Waals surface area (Å²) in [6.07, 6.45) is 2.26. The van der Waals surface area contributed by atoms with Crippen molar-refractivity contribution in [3.63, 3.8) is 0 Å². The maximum absolute atomic E-state index is 11.2. The molecule has 1 aromatic carbocycles. The van der Waals surface area contributed by atoms with Crippen molar-refractivity contribution >= 4 is 35.0 Å². The maximum Gasteiger partial charge on any atom is 0.316 e. The van der Waals surface area contributed by atoms with Crippen LogP contribution in [0.2, 0.25) is 5.15 Å². The third-order valence-electron chi connectivity index (χ3n) is 6.04. The summed E-state index contributed by atoms with van der Waals surface area (Å²) in [6.45, 7) is 5.62. The van der Waals surface area contributed by atoms with E-state index in [4.69, 9.17) is 32.0 Å². The molecule has 0 bridgehead atoms. The molecular weight excluding hydrogens is 456 g/mol. The lowest BCUT2D eigenvalue weighted by Gasteiger charge is -2.38. The fourth-order valence-electron chi connectivity index (χ4n) is 4.36. The van der Waals surface area contributed by atoms with Crippen molar-refractivity contribution in [2.45, 2.75) is 25.9 Å². The van der Waals surface area contributed by atoms with Crippen molar-refractivity contribution < 1.29 is 9.53 Å². The molecule has 1 atom stereocenters. The number of nitrogens with two attached hydrogens (primary N) is 1. The molecule has 5 rings (SSSR count). The number of amides is 2. The van der Waals surface area contributed by atoms with Crippen molar-refractivity contribution in [1.29, 1.82) is 0 Å². The molecule has 2 aromatic heterocycles. The van der Waals surface area contributed by atoms with Crippen LogP contribution in [0.3, 0.4) is 0 Å². The van der Waals surface area contributed by atoms with Gasteiger partial charge in [-0.05, 0) is 37.6 Å². The van der Waals surface area contributed by atoms with Gasteiger partial charge in [-0.25, -0.2) is 24.7 Å². The summed E-state index contributed by atoms with van der Waals surface area (Å²) in [5.41, 5.74) is 8.80. The molecule has 0 spiro atoms. The van der Waals surface area contributed by atoms with E-state index in [1.807, 2.05) is 12.1 Å². The molecule has 0 radical (unpaired) electrons. The topological polar surface area (TPSA) is 122 Å². The molecule has 1 saturated heterocycles. The average Bonchev–Trinajstić information content (AvgIpc) is 2.83. The van der Waals surface area contributed by atoms with Gasteiger partial charge >= 0.3 is 6.03 Å². The number of primary amides is 1. The summed E-state index contributed by atoms with van der Waals surface area (Å²) in [4.78, 5) is 34.0. The third-order valence-corrected chi connectivity index (χ3v) is 6.24. The molecule has 1 fully saturated rings. The van der Waals surface area contributed by atoms with Crippen LogP contribution in [0.25, 0.3) is 11.4 Å². The number of fused-ring (bicyclic) bond motifs is 1. The second kappa shape index (κ2) is 9.40. The second-order valence-corrected chi connectivity index (χ2v) is 8.74. The SMILES string of the molecule is C[C@H]1COCCN1c1nc(-c2ccc(NC(N)=O)cc2)nc2c1CCN(c1cc(Cl)ncn1)C2. The predicted molar refractivity (Wildman–Crippen MR) is 130 cm³/mol. The highest BCUT2D eigenvalue weighted by molar-refractivity contribution is 6.29. The Morgan fingerprint density at radius 1 is 1.21 bits per heavy atom. The van der Waals surface area contributed by atoms with Gasteiger partial charge in [0.25, 0.3) is 0 Å². The van der Waals surface area contributed by atoms with Crippen molar-refractivity contribution in [3.8, 4) is 11.4 Å². The number of rotatable bonds is 4. The Morgan fingerprint density at radius 3 is 2.76 bits per heavy atom. The zero-order valence-corrected chi connectivity index (χ0v) is 19.5. The average molecular weight is 481 g/mol. The number of hydrogen-bond donors (Lipinski definition) is 2. The van der Waals surface area contributed by atoms with E-state index < -0.39 is 6.03 Å². The fraction of sp³-hybridized carbons (Fsp3) is 0.348. The van der Waals surface area contributed by atoms with Crippen LogP contribution in [0.4, 0.5) is 22.1 Å². The number of aromatic nitrogens is 4. The zero-order chi connectivity index (χ0) is 23.7. The number of benzene rings is 1. The molecule has 0 saturated carbocycles. The van der Waals surface area contributed by atoms with Crippen molar-refractivity contribution in [1.82, 2.24) is 19.9 Å². The predicted octanol–water partition coefficient (Wildman–Crippen LogP) is 2.87. The van der Waals surface area contributed by atoms with Crippen LogP contribution >= 0.6 is 11.6 Å². The number of hydrogen-bond acceptors (Lipinski definition) is 8. The lowest BCUT2D eigenvalue weighted by Crippen LogP contribution is -2.45. The standard InChI is InChI=1S/C23H25ClN8O2/c1-14-12-34-9-8-32(14)22-17-6-7-31(20-10-19(24)26-13-27-20)11-18(17)29-21(30-22)15-2-4-16(5-3-15)28-23(25)33/h2-5,10,13-14H,6-9,11-12H2,1H3,(H3,25,28,33)/t14-/m0/s1. The minimum Gasteiger partial charge on any atom is -0.377 e.